The lowest BCUT2D eigenvalue weighted by Gasteiger charge is -2.33. The van der Waals surface area contributed by atoms with E-state index < -0.39 is 27.1 Å². The van der Waals surface area contributed by atoms with Crippen molar-refractivity contribution in [1.29, 1.82) is 0 Å². The molecule has 8 nitrogen and oxygen atoms in total. The van der Waals surface area contributed by atoms with Gasteiger partial charge in [-0.15, -0.1) is 0 Å². The number of benzene rings is 2. The van der Waals surface area contributed by atoms with E-state index in [2.05, 4.69) is 4.72 Å². The summed E-state index contributed by atoms with van der Waals surface area (Å²) < 4.78 is 32.4. The zero-order valence-corrected chi connectivity index (χ0v) is 22.3. The van der Waals surface area contributed by atoms with Crippen LogP contribution in [0, 0.1) is 6.92 Å². The highest BCUT2D eigenvalue weighted by molar-refractivity contribution is 7.89. The first-order valence-corrected chi connectivity index (χ1v) is 14.4. The topological polar surface area (TPSA) is 136 Å². The SMILES string of the molecule is Cc1ccc(S(=O)(=O)NC2(C(=O)O)CCCCC2)cc1.NC1(C(=O)OCc2ccccc2)CCCCC1. The number of sulfonamides is 1. The predicted octanol–water partition coefficient (Wildman–Crippen LogP) is 4.45. The minimum Gasteiger partial charge on any atom is -0.480 e. The minimum absolute atomic E-state index is 0.106. The number of carbonyl (C=O) groups excluding carboxylic acids is 1. The molecule has 0 amide bonds. The molecule has 2 saturated carbocycles. The number of aliphatic carboxylic acids is 1. The molecule has 2 aromatic rings. The molecule has 0 spiro atoms. The summed E-state index contributed by atoms with van der Waals surface area (Å²) in [7, 11) is -3.81. The molecule has 0 bridgehead atoms. The molecule has 9 heteroatoms. The number of nitrogens with two attached hydrogens (primary N) is 1. The molecule has 0 unspecified atom stereocenters. The van der Waals surface area contributed by atoms with E-state index in [9.17, 15) is 23.1 Å². The Bertz CT molecular complexity index is 1140. The summed E-state index contributed by atoms with van der Waals surface area (Å²) in [6.45, 7) is 2.18. The van der Waals surface area contributed by atoms with E-state index in [1.165, 1.54) is 18.6 Å². The first kappa shape index (κ1) is 28.8. The van der Waals surface area contributed by atoms with Crippen molar-refractivity contribution in [2.75, 3.05) is 0 Å². The van der Waals surface area contributed by atoms with Gasteiger partial charge in [-0.3, -0.25) is 9.59 Å². The molecular formula is C28H38N2O6S. The van der Waals surface area contributed by atoms with E-state index in [-0.39, 0.29) is 10.9 Å². The van der Waals surface area contributed by atoms with Crippen molar-refractivity contribution in [3.8, 4) is 0 Å². The summed E-state index contributed by atoms with van der Waals surface area (Å²) in [6.07, 6.45) is 7.80. The fourth-order valence-corrected chi connectivity index (χ4v) is 6.22. The van der Waals surface area contributed by atoms with Gasteiger partial charge in [-0.2, -0.15) is 4.72 Å². The van der Waals surface area contributed by atoms with Gasteiger partial charge in [-0.1, -0.05) is 86.6 Å². The molecule has 2 aliphatic carbocycles. The molecule has 2 fully saturated rings. The molecular weight excluding hydrogens is 492 g/mol. The average Bonchev–Trinajstić information content (AvgIpc) is 2.89. The Hall–Kier alpha value is -2.75. The highest BCUT2D eigenvalue weighted by atomic mass is 32.2. The van der Waals surface area contributed by atoms with Crippen LogP contribution in [-0.2, 0) is 31.0 Å². The predicted molar refractivity (Wildman–Crippen MR) is 141 cm³/mol. The molecule has 2 aliphatic rings. The van der Waals surface area contributed by atoms with E-state index in [0.29, 0.717) is 19.4 Å². The van der Waals surface area contributed by atoms with Crippen molar-refractivity contribution < 1.29 is 27.9 Å². The quantitative estimate of drug-likeness (QED) is 0.450. The molecule has 0 saturated heterocycles. The van der Waals surface area contributed by atoms with Gasteiger partial charge in [0.05, 0.1) is 4.90 Å². The van der Waals surface area contributed by atoms with Gasteiger partial charge in [0.25, 0.3) is 0 Å². The number of carboxylic acids is 1. The largest absolute Gasteiger partial charge is 0.480 e. The third-order valence-electron chi connectivity index (χ3n) is 7.14. The van der Waals surface area contributed by atoms with Crippen molar-refractivity contribution >= 4 is 22.0 Å². The lowest BCUT2D eigenvalue weighted by Crippen LogP contribution is -2.55. The second kappa shape index (κ2) is 12.7. The number of aryl methyl sites for hydroxylation is 1. The van der Waals surface area contributed by atoms with Crippen LogP contribution in [-0.4, -0.2) is 36.5 Å². The Kier molecular flexibility index (Phi) is 9.87. The minimum atomic E-state index is -3.81. The maximum atomic E-state index is 12.3. The lowest BCUT2D eigenvalue weighted by molar-refractivity contribution is -0.153. The molecule has 0 aliphatic heterocycles. The molecule has 0 radical (unpaired) electrons. The Labute approximate surface area is 219 Å². The normalized spacial score (nSPS) is 18.6. The summed E-state index contributed by atoms with van der Waals surface area (Å²) in [5, 5.41) is 9.42. The highest BCUT2D eigenvalue weighted by Gasteiger charge is 2.43. The number of carbonyl (C=O) groups is 2. The Morgan fingerprint density at radius 1 is 0.892 bits per heavy atom. The summed E-state index contributed by atoms with van der Waals surface area (Å²) in [5.41, 5.74) is 5.94. The summed E-state index contributed by atoms with van der Waals surface area (Å²) >= 11 is 0. The van der Waals surface area contributed by atoms with Crippen molar-refractivity contribution in [3.63, 3.8) is 0 Å². The molecule has 4 N–H and O–H groups in total. The van der Waals surface area contributed by atoms with Gasteiger partial charge in [-0.25, -0.2) is 8.42 Å². The summed E-state index contributed by atoms with van der Waals surface area (Å²) in [5.74, 6) is -1.34. The molecule has 37 heavy (non-hydrogen) atoms. The number of ether oxygens (including phenoxy) is 1. The molecule has 0 aromatic heterocycles. The van der Waals surface area contributed by atoms with Crippen LogP contribution in [0.2, 0.25) is 0 Å². The Balaban J connectivity index is 0.000000208. The van der Waals surface area contributed by atoms with E-state index >= 15 is 0 Å². The second-order valence-electron chi connectivity index (χ2n) is 10.1. The number of hydrogen-bond donors (Lipinski definition) is 3. The smallest absolute Gasteiger partial charge is 0.326 e. The highest BCUT2D eigenvalue weighted by Crippen LogP contribution is 2.30. The van der Waals surface area contributed by atoms with Crippen LogP contribution in [0.1, 0.15) is 75.3 Å². The fourth-order valence-electron chi connectivity index (χ4n) is 4.80. The third-order valence-corrected chi connectivity index (χ3v) is 8.69. The fraction of sp³-hybridized carbons (Fsp3) is 0.500. The first-order chi connectivity index (χ1) is 17.6. The zero-order chi connectivity index (χ0) is 26.9. The van der Waals surface area contributed by atoms with Gasteiger partial charge in [0, 0.05) is 0 Å². The van der Waals surface area contributed by atoms with Crippen LogP contribution < -0.4 is 10.5 Å². The van der Waals surface area contributed by atoms with E-state index in [1.807, 2.05) is 37.3 Å². The van der Waals surface area contributed by atoms with Crippen LogP contribution in [0.4, 0.5) is 0 Å². The van der Waals surface area contributed by atoms with Gasteiger partial charge in [0.1, 0.15) is 17.7 Å². The second-order valence-corrected chi connectivity index (χ2v) is 11.8. The van der Waals surface area contributed by atoms with E-state index in [0.717, 1.165) is 56.1 Å². The first-order valence-electron chi connectivity index (χ1n) is 12.9. The van der Waals surface area contributed by atoms with Crippen LogP contribution in [0.25, 0.3) is 0 Å². The van der Waals surface area contributed by atoms with Crippen molar-refractivity contribution in [1.82, 2.24) is 4.72 Å². The van der Waals surface area contributed by atoms with Crippen LogP contribution >= 0.6 is 0 Å². The van der Waals surface area contributed by atoms with Crippen molar-refractivity contribution in [2.24, 2.45) is 5.73 Å². The standard InChI is InChI=1S/C14H19NO4S.C14H19NO2/c1-11-5-7-12(8-6-11)20(18,19)15-14(13(16)17)9-3-2-4-10-14;15-14(9-5-2-6-10-14)13(16)17-11-12-7-3-1-4-8-12/h5-8,15H,2-4,9-10H2,1H3,(H,16,17);1,3-4,7-8H,2,5-6,9-11,15H2. The van der Waals surface area contributed by atoms with E-state index in [1.54, 1.807) is 12.1 Å². The number of esters is 1. The van der Waals surface area contributed by atoms with Gasteiger partial charge >= 0.3 is 11.9 Å². The van der Waals surface area contributed by atoms with Gasteiger partial charge < -0.3 is 15.6 Å². The maximum Gasteiger partial charge on any atom is 0.326 e. The lowest BCUT2D eigenvalue weighted by atomic mass is 9.83. The van der Waals surface area contributed by atoms with E-state index in [4.69, 9.17) is 10.5 Å². The van der Waals surface area contributed by atoms with Gasteiger partial charge in [-0.05, 0) is 50.3 Å². The number of hydrogen-bond acceptors (Lipinski definition) is 6. The number of carboxylic acid groups (broad SMARTS) is 1. The molecule has 0 atom stereocenters. The third kappa shape index (κ3) is 7.87. The number of nitrogens with one attached hydrogen (secondary N) is 1. The molecule has 0 heterocycles. The van der Waals surface area contributed by atoms with Gasteiger partial charge in [0.15, 0.2) is 0 Å². The van der Waals surface area contributed by atoms with Crippen LogP contribution in [0.5, 0.6) is 0 Å². The van der Waals surface area contributed by atoms with Crippen LogP contribution in [0.15, 0.2) is 59.5 Å². The zero-order valence-electron chi connectivity index (χ0n) is 21.4. The number of rotatable bonds is 7. The van der Waals surface area contributed by atoms with Crippen LogP contribution in [0.3, 0.4) is 0 Å². The Morgan fingerprint density at radius 3 is 1.97 bits per heavy atom. The molecule has 4 rings (SSSR count). The summed E-state index contributed by atoms with van der Waals surface area (Å²) in [6, 6.07) is 16.1. The monoisotopic (exact) mass is 530 g/mol. The summed E-state index contributed by atoms with van der Waals surface area (Å²) in [4.78, 5) is 23.6. The molecule has 2 aromatic carbocycles. The Morgan fingerprint density at radius 2 is 1.43 bits per heavy atom. The average molecular weight is 531 g/mol. The van der Waals surface area contributed by atoms with Gasteiger partial charge in [0.2, 0.25) is 10.0 Å². The maximum absolute atomic E-state index is 12.3. The van der Waals surface area contributed by atoms with Crippen molar-refractivity contribution in [2.45, 2.75) is 93.7 Å². The molecule has 202 valence electrons. The van der Waals surface area contributed by atoms with Crippen molar-refractivity contribution in [3.05, 3.63) is 65.7 Å².